The van der Waals surface area contributed by atoms with Crippen molar-refractivity contribution in [3.05, 3.63) is 65.7 Å². The van der Waals surface area contributed by atoms with Crippen LogP contribution in [0.1, 0.15) is 42.7 Å². The fourth-order valence-electron chi connectivity index (χ4n) is 4.66. The van der Waals surface area contributed by atoms with E-state index >= 15 is 0 Å². The molecule has 2 aliphatic heterocycles. The lowest BCUT2D eigenvalue weighted by Crippen LogP contribution is -2.49. The van der Waals surface area contributed by atoms with Gasteiger partial charge in [0.2, 0.25) is 5.91 Å². The van der Waals surface area contributed by atoms with Crippen LogP contribution in [0.25, 0.3) is 0 Å². The van der Waals surface area contributed by atoms with E-state index in [2.05, 4.69) is 62.2 Å². The number of fused-ring (bicyclic) bond motifs is 1. The molecule has 6 nitrogen and oxygen atoms in total. The SMILES string of the molecule is CN=C(NCC1CC(=O)Nc2ccccc21)NCC1CCCCN1Cc1ccccc1. The van der Waals surface area contributed by atoms with Crippen LogP contribution < -0.4 is 16.0 Å². The third-order valence-electron chi connectivity index (χ3n) is 6.33. The number of likely N-dealkylation sites (tertiary alicyclic amines) is 1. The van der Waals surface area contributed by atoms with E-state index in [9.17, 15) is 4.79 Å². The second kappa shape index (κ2) is 10.4. The Bertz CT molecular complexity index is 898. The Balaban J connectivity index is 1.31. The Labute approximate surface area is 185 Å². The number of hydrogen-bond donors (Lipinski definition) is 3. The zero-order valence-electron chi connectivity index (χ0n) is 18.3. The van der Waals surface area contributed by atoms with Gasteiger partial charge in [-0.2, -0.15) is 0 Å². The molecule has 1 saturated heterocycles. The molecule has 0 aliphatic carbocycles. The number of nitrogens with zero attached hydrogens (tertiary/aromatic N) is 2. The Morgan fingerprint density at radius 1 is 1.06 bits per heavy atom. The number of hydrogen-bond acceptors (Lipinski definition) is 3. The van der Waals surface area contributed by atoms with Crippen LogP contribution in [0.5, 0.6) is 0 Å². The van der Waals surface area contributed by atoms with Gasteiger partial charge in [0.25, 0.3) is 0 Å². The van der Waals surface area contributed by atoms with E-state index in [4.69, 9.17) is 0 Å². The molecule has 2 heterocycles. The number of piperidine rings is 1. The number of anilines is 1. The van der Waals surface area contributed by atoms with Crippen LogP contribution in [0.4, 0.5) is 5.69 Å². The molecule has 0 bridgehead atoms. The maximum Gasteiger partial charge on any atom is 0.225 e. The molecule has 2 aliphatic rings. The van der Waals surface area contributed by atoms with E-state index < -0.39 is 0 Å². The second-order valence-corrected chi connectivity index (χ2v) is 8.48. The molecule has 3 N–H and O–H groups in total. The molecule has 2 aromatic rings. The highest BCUT2D eigenvalue weighted by atomic mass is 16.1. The van der Waals surface area contributed by atoms with Crippen molar-refractivity contribution < 1.29 is 4.79 Å². The van der Waals surface area contributed by atoms with Gasteiger partial charge in [-0.1, -0.05) is 55.0 Å². The van der Waals surface area contributed by atoms with Gasteiger partial charge in [-0.05, 0) is 36.6 Å². The third-order valence-corrected chi connectivity index (χ3v) is 6.33. The number of nitrogens with one attached hydrogen (secondary N) is 3. The molecule has 2 unspecified atom stereocenters. The smallest absolute Gasteiger partial charge is 0.225 e. The fraction of sp³-hybridized carbons (Fsp3) is 0.440. The zero-order valence-corrected chi connectivity index (χ0v) is 18.3. The Morgan fingerprint density at radius 2 is 1.84 bits per heavy atom. The van der Waals surface area contributed by atoms with Crippen molar-refractivity contribution in [2.45, 2.75) is 44.2 Å². The Morgan fingerprint density at radius 3 is 2.68 bits per heavy atom. The minimum Gasteiger partial charge on any atom is -0.356 e. The van der Waals surface area contributed by atoms with Crippen molar-refractivity contribution in [2.75, 3.05) is 32.0 Å². The first-order chi connectivity index (χ1) is 15.2. The van der Waals surface area contributed by atoms with Gasteiger partial charge in [0.1, 0.15) is 0 Å². The van der Waals surface area contributed by atoms with Gasteiger partial charge < -0.3 is 16.0 Å². The molecular formula is C25H33N5O. The summed E-state index contributed by atoms with van der Waals surface area (Å²) in [4.78, 5) is 19.1. The van der Waals surface area contributed by atoms with Crippen LogP contribution in [0, 0.1) is 0 Å². The van der Waals surface area contributed by atoms with Crippen LogP contribution in [-0.2, 0) is 11.3 Å². The lowest BCUT2D eigenvalue weighted by molar-refractivity contribution is -0.116. The monoisotopic (exact) mass is 419 g/mol. The van der Waals surface area contributed by atoms with E-state index in [1.165, 1.54) is 30.4 Å². The summed E-state index contributed by atoms with van der Waals surface area (Å²) >= 11 is 0. The predicted molar refractivity (Wildman–Crippen MR) is 126 cm³/mol. The van der Waals surface area contributed by atoms with Crippen molar-refractivity contribution in [3.8, 4) is 0 Å². The minimum absolute atomic E-state index is 0.0761. The number of amides is 1. The largest absolute Gasteiger partial charge is 0.356 e. The second-order valence-electron chi connectivity index (χ2n) is 8.48. The third kappa shape index (κ3) is 5.64. The first-order valence-electron chi connectivity index (χ1n) is 11.3. The average Bonchev–Trinajstić information content (AvgIpc) is 2.80. The van der Waals surface area contributed by atoms with Gasteiger partial charge in [0.05, 0.1) is 0 Å². The van der Waals surface area contributed by atoms with E-state index in [1.54, 1.807) is 7.05 Å². The highest BCUT2D eigenvalue weighted by Gasteiger charge is 2.25. The van der Waals surface area contributed by atoms with Crippen molar-refractivity contribution in [3.63, 3.8) is 0 Å². The molecule has 0 radical (unpaired) electrons. The number of carbonyl (C=O) groups is 1. The number of benzene rings is 2. The molecule has 1 fully saturated rings. The summed E-state index contributed by atoms with van der Waals surface area (Å²) < 4.78 is 0. The van der Waals surface area contributed by atoms with E-state index in [-0.39, 0.29) is 11.8 Å². The van der Waals surface area contributed by atoms with Gasteiger partial charge >= 0.3 is 0 Å². The van der Waals surface area contributed by atoms with E-state index in [1.807, 2.05) is 18.2 Å². The van der Waals surface area contributed by atoms with Crippen LogP contribution in [-0.4, -0.2) is 49.5 Å². The number of para-hydroxylation sites is 1. The molecular weight excluding hydrogens is 386 g/mol. The molecule has 6 heteroatoms. The first-order valence-corrected chi connectivity index (χ1v) is 11.3. The van der Waals surface area contributed by atoms with Crippen molar-refractivity contribution in [2.24, 2.45) is 4.99 Å². The van der Waals surface area contributed by atoms with Crippen LogP contribution in [0.15, 0.2) is 59.6 Å². The summed E-state index contributed by atoms with van der Waals surface area (Å²) in [5.41, 5.74) is 3.48. The van der Waals surface area contributed by atoms with Crippen LogP contribution in [0.3, 0.4) is 0 Å². The summed E-state index contributed by atoms with van der Waals surface area (Å²) in [6.45, 7) is 3.69. The Kier molecular flexibility index (Phi) is 7.20. The lowest BCUT2D eigenvalue weighted by Gasteiger charge is -2.36. The molecule has 4 rings (SSSR count). The highest BCUT2D eigenvalue weighted by molar-refractivity contribution is 5.94. The molecule has 0 spiro atoms. The lowest BCUT2D eigenvalue weighted by atomic mass is 9.90. The summed E-state index contributed by atoms with van der Waals surface area (Å²) in [6.07, 6.45) is 4.23. The zero-order chi connectivity index (χ0) is 21.5. The summed E-state index contributed by atoms with van der Waals surface area (Å²) in [5.74, 6) is 1.02. The maximum absolute atomic E-state index is 12.1. The van der Waals surface area contributed by atoms with Gasteiger partial charge in [-0.3, -0.25) is 14.7 Å². The maximum atomic E-state index is 12.1. The van der Waals surface area contributed by atoms with Crippen molar-refractivity contribution in [1.82, 2.24) is 15.5 Å². The quantitative estimate of drug-likeness (QED) is 0.496. The molecule has 0 aromatic heterocycles. The number of carbonyl (C=O) groups excluding carboxylic acids is 1. The molecule has 1 amide bonds. The molecule has 31 heavy (non-hydrogen) atoms. The summed E-state index contributed by atoms with van der Waals surface area (Å²) in [6, 6.07) is 19.3. The summed E-state index contributed by atoms with van der Waals surface area (Å²) in [7, 11) is 1.81. The van der Waals surface area contributed by atoms with Gasteiger partial charge in [0.15, 0.2) is 5.96 Å². The van der Waals surface area contributed by atoms with Crippen molar-refractivity contribution >= 4 is 17.6 Å². The fourth-order valence-corrected chi connectivity index (χ4v) is 4.66. The number of guanidine groups is 1. The van der Waals surface area contributed by atoms with Crippen LogP contribution >= 0.6 is 0 Å². The average molecular weight is 420 g/mol. The highest BCUT2D eigenvalue weighted by Crippen LogP contribution is 2.31. The van der Waals surface area contributed by atoms with Gasteiger partial charge in [0, 0.05) is 50.7 Å². The van der Waals surface area contributed by atoms with Crippen LogP contribution in [0.2, 0.25) is 0 Å². The van der Waals surface area contributed by atoms with Gasteiger partial charge in [-0.15, -0.1) is 0 Å². The van der Waals surface area contributed by atoms with Crippen molar-refractivity contribution in [1.29, 1.82) is 0 Å². The minimum atomic E-state index is 0.0761. The van der Waals surface area contributed by atoms with Gasteiger partial charge in [-0.25, -0.2) is 0 Å². The number of aliphatic imine (C=N–C) groups is 1. The normalized spacial score (nSPS) is 21.8. The first kappa shape index (κ1) is 21.4. The Hall–Kier alpha value is -2.86. The topological polar surface area (TPSA) is 68.8 Å². The molecule has 2 atom stereocenters. The molecule has 2 aromatic carbocycles. The summed E-state index contributed by atoms with van der Waals surface area (Å²) in [5, 5.41) is 9.94. The molecule has 164 valence electrons. The molecule has 0 saturated carbocycles. The standard InChI is InChI=1S/C25H33N5O/c1-26-25(27-16-20-15-24(31)29-23-13-6-5-12-22(20)23)28-17-21-11-7-8-14-30(21)18-19-9-3-2-4-10-19/h2-6,9-10,12-13,20-21H,7-8,11,14-18H2,1H3,(H,29,31)(H2,26,27,28). The van der Waals surface area contributed by atoms with E-state index in [0.717, 1.165) is 31.3 Å². The predicted octanol–water partition coefficient (Wildman–Crippen LogP) is 3.33. The van der Waals surface area contributed by atoms with E-state index in [0.29, 0.717) is 19.0 Å². The number of rotatable bonds is 6.